The van der Waals surface area contributed by atoms with Crippen LogP contribution in [0.1, 0.15) is 23.5 Å². The van der Waals surface area contributed by atoms with Gasteiger partial charge in [-0.15, -0.1) is 0 Å². The largest absolute Gasteiger partial charge is 0.361 e. The Balaban J connectivity index is 2.06. The minimum absolute atomic E-state index is 0.138. The highest BCUT2D eigenvalue weighted by molar-refractivity contribution is 5.80. The molecule has 92 valence electrons. The summed E-state index contributed by atoms with van der Waals surface area (Å²) < 4.78 is 0. The molecule has 2 heteroatoms. The highest BCUT2D eigenvalue weighted by atomic mass is 14.7. The van der Waals surface area contributed by atoms with E-state index in [2.05, 4.69) is 47.5 Å². The third-order valence-corrected chi connectivity index (χ3v) is 3.48. The van der Waals surface area contributed by atoms with E-state index in [1.54, 1.807) is 0 Å². The Kier molecular flexibility index (Phi) is 3.04. The number of nitrogens with one attached hydrogen (secondary N) is 1. The molecule has 0 amide bonds. The van der Waals surface area contributed by atoms with Crippen molar-refractivity contribution in [2.24, 2.45) is 0 Å². The molecule has 1 heterocycles. The van der Waals surface area contributed by atoms with Gasteiger partial charge < -0.3 is 4.98 Å². The Bertz CT molecular complexity index is 720. The van der Waals surface area contributed by atoms with Crippen molar-refractivity contribution in [3.63, 3.8) is 0 Å². The summed E-state index contributed by atoms with van der Waals surface area (Å²) in [5.41, 5.74) is 3.49. The molecule has 1 unspecified atom stereocenters. The molecule has 2 nitrogen and oxygen atoms in total. The normalized spacial score (nSPS) is 12.2. The molecule has 0 saturated carbocycles. The van der Waals surface area contributed by atoms with Crippen molar-refractivity contribution in [1.82, 2.24) is 4.98 Å². The standard InChI is InChI=1S/C17H14N2/c18-10-8-16(13-4-2-1-3-5-13)15-7-6-14-9-11-19-17(14)12-15/h1-7,9,11-12,16,19H,8H2. The quantitative estimate of drug-likeness (QED) is 0.738. The summed E-state index contributed by atoms with van der Waals surface area (Å²) in [6.07, 6.45) is 2.44. The van der Waals surface area contributed by atoms with Crippen LogP contribution in [0.4, 0.5) is 0 Å². The van der Waals surface area contributed by atoms with E-state index in [1.165, 1.54) is 16.5 Å². The van der Waals surface area contributed by atoms with E-state index < -0.39 is 0 Å². The molecule has 0 saturated heterocycles. The molecule has 0 aliphatic rings. The second kappa shape index (κ2) is 4.99. The summed E-state index contributed by atoms with van der Waals surface area (Å²) in [5, 5.41) is 10.3. The van der Waals surface area contributed by atoms with Gasteiger partial charge in [-0.3, -0.25) is 0 Å². The molecule has 0 fully saturated rings. The predicted molar refractivity (Wildman–Crippen MR) is 76.8 cm³/mol. The summed E-state index contributed by atoms with van der Waals surface area (Å²) in [6, 6.07) is 20.9. The molecule has 0 aliphatic carbocycles. The van der Waals surface area contributed by atoms with Crippen LogP contribution in [0.2, 0.25) is 0 Å². The van der Waals surface area contributed by atoms with Gasteiger partial charge in [-0.05, 0) is 28.6 Å². The van der Waals surface area contributed by atoms with E-state index in [4.69, 9.17) is 5.26 Å². The second-order valence-corrected chi connectivity index (χ2v) is 4.65. The molecule has 3 rings (SSSR count). The molecule has 0 aliphatic heterocycles. The summed E-state index contributed by atoms with van der Waals surface area (Å²) in [4.78, 5) is 3.23. The first-order valence-electron chi connectivity index (χ1n) is 6.37. The smallest absolute Gasteiger partial charge is 0.0631 e. The van der Waals surface area contributed by atoms with Crippen LogP contribution in [-0.4, -0.2) is 4.98 Å². The molecular weight excluding hydrogens is 232 g/mol. The number of hydrogen-bond donors (Lipinski definition) is 1. The fraction of sp³-hybridized carbons (Fsp3) is 0.118. The first-order chi connectivity index (χ1) is 9.38. The SMILES string of the molecule is N#CCC(c1ccccc1)c1ccc2cc[nH]c2c1. The van der Waals surface area contributed by atoms with Gasteiger partial charge in [-0.1, -0.05) is 42.5 Å². The van der Waals surface area contributed by atoms with Crippen LogP contribution in [0.3, 0.4) is 0 Å². The first kappa shape index (κ1) is 11.6. The first-order valence-corrected chi connectivity index (χ1v) is 6.37. The van der Waals surface area contributed by atoms with E-state index in [0.717, 1.165) is 5.52 Å². The highest BCUT2D eigenvalue weighted by Crippen LogP contribution is 2.29. The number of aromatic nitrogens is 1. The van der Waals surface area contributed by atoms with Gasteiger partial charge in [0.2, 0.25) is 0 Å². The zero-order valence-electron chi connectivity index (χ0n) is 10.5. The van der Waals surface area contributed by atoms with Crippen LogP contribution in [0.5, 0.6) is 0 Å². The minimum Gasteiger partial charge on any atom is -0.361 e. The topological polar surface area (TPSA) is 39.6 Å². The third-order valence-electron chi connectivity index (χ3n) is 3.48. The van der Waals surface area contributed by atoms with E-state index in [9.17, 15) is 0 Å². The van der Waals surface area contributed by atoms with E-state index in [1.807, 2.05) is 24.4 Å². The molecule has 19 heavy (non-hydrogen) atoms. The molecule has 0 spiro atoms. The van der Waals surface area contributed by atoms with Crippen molar-refractivity contribution in [2.45, 2.75) is 12.3 Å². The second-order valence-electron chi connectivity index (χ2n) is 4.65. The zero-order valence-corrected chi connectivity index (χ0v) is 10.5. The fourth-order valence-electron chi connectivity index (χ4n) is 2.49. The number of H-pyrrole nitrogens is 1. The van der Waals surface area contributed by atoms with Crippen molar-refractivity contribution in [1.29, 1.82) is 5.26 Å². The van der Waals surface area contributed by atoms with Gasteiger partial charge in [0.15, 0.2) is 0 Å². The van der Waals surface area contributed by atoms with E-state index in [-0.39, 0.29) is 5.92 Å². The number of benzene rings is 2. The van der Waals surface area contributed by atoms with Crippen LogP contribution in [-0.2, 0) is 0 Å². The maximum atomic E-state index is 9.07. The average molecular weight is 246 g/mol. The number of nitrogens with zero attached hydrogens (tertiary/aromatic N) is 1. The fourth-order valence-corrected chi connectivity index (χ4v) is 2.49. The van der Waals surface area contributed by atoms with Gasteiger partial charge in [0, 0.05) is 24.1 Å². The summed E-state index contributed by atoms with van der Waals surface area (Å²) in [5.74, 6) is 0.138. The van der Waals surface area contributed by atoms with Crippen molar-refractivity contribution in [3.8, 4) is 6.07 Å². The van der Waals surface area contributed by atoms with E-state index >= 15 is 0 Å². The lowest BCUT2D eigenvalue weighted by molar-refractivity contribution is 0.839. The van der Waals surface area contributed by atoms with Crippen LogP contribution in [0.25, 0.3) is 10.9 Å². The van der Waals surface area contributed by atoms with Gasteiger partial charge >= 0.3 is 0 Å². The lowest BCUT2D eigenvalue weighted by Gasteiger charge is -2.14. The lowest BCUT2D eigenvalue weighted by atomic mass is 9.89. The molecule has 0 radical (unpaired) electrons. The average Bonchev–Trinajstić information content (AvgIpc) is 2.93. The summed E-state index contributed by atoms with van der Waals surface area (Å²) in [7, 11) is 0. The molecule has 1 N–H and O–H groups in total. The summed E-state index contributed by atoms with van der Waals surface area (Å²) in [6.45, 7) is 0. The Morgan fingerprint density at radius 1 is 1.00 bits per heavy atom. The molecular formula is C17H14N2. The number of hydrogen-bond acceptors (Lipinski definition) is 1. The highest BCUT2D eigenvalue weighted by Gasteiger charge is 2.14. The third kappa shape index (κ3) is 2.23. The lowest BCUT2D eigenvalue weighted by Crippen LogP contribution is -2.00. The van der Waals surface area contributed by atoms with Crippen molar-refractivity contribution >= 4 is 10.9 Å². The van der Waals surface area contributed by atoms with Gasteiger partial charge in [0.05, 0.1) is 6.07 Å². The Morgan fingerprint density at radius 3 is 2.63 bits per heavy atom. The number of rotatable bonds is 3. The van der Waals surface area contributed by atoms with Crippen LogP contribution in [0.15, 0.2) is 60.8 Å². The zero-order chi connectivity index (χ0) is 13.1. The minimum atomic E-state index is 0.138. The van der Waals surface area contributed by atoms with Gasteiger partial charge in [0.1, 0.15) is 0 Å². The van der Waals surface area contributed by atoms with Crippen molar-refractivity contribution < 1.29 is 0 Å². The number of aromatic amines is 1. The van der Waals surface area contributed by atoms with Gasteiger partial charge in [0.25, 0.3) is 0 Å². The van der Waals surface area contributed by atoms with Gasteiger partial charge in [-0.25, -0.2) is 0 Å². The summed E-state index contributed by atoms with van der Waals surface area (Å²) >= 11 is 0. The van der Waals surface area contributed by atoms with Crippen molar-refractivity contribution in [2.75, 3.05) is 0 Å². The van der Waals surface area contributed by atoms with Gasteiger partial charge in [-0.2, -0.15) is 5.26 Å². The molecule has 2 aromatic carbocycles. The maximum Gasteiger partial charge on any atom is 0.0631 e. The van der Waals surface area contributed by atoms with Crippen LogP contribution < -0.4 is 0 Å². The molecule has 0 bridgehead atoms. The number of nitriles is 1. The Labute approximate surface area is 112 Å². The van der Waals surface area contributed by atoms with E-state index in [0.29, 0.717) is 6.42 Å². The predicted octanol–water partition coefficient (Wildman–Crippen LogP) is 4.21. The monoisotopic (exact) mass is 246 g/mol. The van der Waals surface area contributed by atoms with Crippen molar-refractivity contribution in [3.05, 3.63) is 71.9 Å². The Morgan fingerprint density at radius 2 is 1.84 bits per heavy atom. The maximum absolute atomic E-state index is 9.07. The Hall–Kier alpha value is -2.53. The van der Waals surface area contributed by atoms with Crippen LogP contribution >= 0.6 is 0 Å². The molecule has 1 atom stereocenters. The number of fused-ring (bicyclic) bond motifs is 1. The van der Waals surface area contributed by atoms with Crippen LogP contribution in [0, 0.1) is 11.3 Å². The molecule has 3 aromatic rings. The molecule has 1 aromatic heterocycles.